The largest absolute Gasteiger partial charge is 0.481 e. The molecule has 2 fully saturated rings. The standard InChI is InChI=1S/C37H39ClN6O5/c1-23-28(4-2-6-30(23)41-35(46)32-10-8-24(18-39-32)20-43-15-12-26(13-16-43)37(48)49)29-5-3-7-31(34(29)38)42-36(47)33-11-9-25(19-40-33)21-44-17-14-27(45)22-44/h2-11,18-19,26-27,45H,12-17,20-22H2,1H3,(H,41,46)(H,42,47)(H,48,49). The molecule has 2 aromatic heterocycles. The number of aliphatic hydroxyl groups excluding tert-OH is 1. The Morgan fingerprint density at radius 3 is 1.88 bits per heavy atom. The zero-order chi connectivity index (χ0) is 34.5. The van der Waals surface area contributed by atoms with Crippen LogP contribution in [0.4, 0.5) is 11.4 Å². The first-order valence-corrected chi connectivity index (χ1v) is 16.8. The van der Waals surface area contributed by atoms with Crippen LogP contribution in [0.2, 0.25) is 5.02 Å². The second-order valence-corrected chi connectivity index (χ2v) is 13.1. The molecule has 12 heteroatoms. The van der Waals surface area contributed by atoms with Gasteiger partial charge in [-0.2, -0.15) is 0 Å². The van der Waals surface area contributed by atoms with Crippen LogP contribution in [-0.2, 0) is 17.9 Å². The maximum absolute atomic E-state index is 13.2. The third-order valence-corrected chi connectivity index (χ3v) is 9.64. The molecule has 0 spiro atoms. The molecule has 0 radical (unpaired) electrons. The fourth-order valence-corrected chi connectivity index (χ4v) is 6.66. The molecule has 1 unspecified atom stereocenters. The molecule has 2 saturated heterocycles. The third-order valence-electron chi connectivity index (χ3n) is 9.23. The van der Waals surface area contributed by atoms with Gasteiger partial charge in [-0.05, 0) is 85.8 Å². The number of aromatic nitrogens is 2. The molecule has 2 aliphatic heterocycles. The van der Waals surface area contributed by atoms with Crippen molar-refractivity contribution in [3.63, 3.8) is 0 Å². The molecule has 0 aliphatic carbocycles. The lowest BCUT2D eigenvalue weighted by atomic mass is 9.97. The van der Waals surface area contributed by atoms with Gasteiger partial charge in [0, 0.05) is 49.8 Å². The number of nitrogens with zero attached hydrogens (tertiary/aromatic N) is 4. The van der Waals surface area contributed by atoms with E-state index in [1.807, 2.05) is 49.4 Å². The lowest BCUT2D eigenvalue weighted by molar-refractivity contribution is -0.143. The van der Waals surface area contributed by atoms with E-state index in [0.29, 0.717) is 67.5 Å². The lowest BCUT2D eigenvalue weighted by Gasteiger charge is -2.29. The van der Waals surface area contributed by atoms with Crippen molar-refractivity contribution in [2.45, 2.75) is 45.4 Å². The van der Waals surface area contributed by atoms with Gasteiger partial charge >= 0.3 is 5.97 Å². The number of carbonyl (C=O) groups excluding carboxylic acids is 2. The zero-order valence-electron chi connectivity index (χ0n) is 27.2. The quantitative estimate of drug-likeness (QED) is 0.171. The second kappa shape index (κ2) is 15.3. The summed E-state index contributed by atoms with van der Waals surface area (Å²) in [4.78, 5) is 50.6. The van der Waals surface area contributed by atoms with E-state index in [4.69, 9.17) is 11.6 Å². The number of nitrogens with one attached hydrogen (secondary N) is 2. The van der Waals surface area contributed by atoms with Crippen LogP contribution >= 0.6 is 11.6 Å². The number of rotatable bonds is 10. The Bertz CT molecular complexity index is 1830. The molecule has 6 rings (SSSR count). The van der Waals surface area contributed by atoms with Gasteiger partial charge in [0.2, 0.25) is 0 Å². The first-order valence-electron chi connectivity index (χ1n) is 16.4. The van der Waals surface area contributed by atoms with Crippen LogP contribution in [0.1, 0.15) is 56.9 Å². The number of hydrogen-bond acceptors (Lipinski definition) is 8. The maximum atomic E-state index is 13.2. The minimum absolute atomic E-state index is 0.259. The fourth-order valence-electron chi connectivity index (χ4n) is 6.39. The predicted molar refractivity (Wildman–Crippen MR) is 188 cm³/mol. The highest BCUT2D eigenvalue weighted by Crippen LogP contribution is 2.37. The van der Waals surface area contributed by atoms with Gasteiger partial charge in [0.15, 0.2) is 0 Å². The molecule has 49 heavy (non-hydrogen) atoms. The number of carboxylic acid groups (broad SMARTS) is 1. The van der Waals surface area contributed by atoms with Crippen molar-refractivity contribution < 1.29 is 24.6 Å². The molecular formula is C37H39ClN6O5. The van der Waals surface area contributed by atoms with Gasteiger partial charge < -0.3 is 20.8 Å². The Labute approximate surface area is 290 Å². The molecule has 1 atom stereocenters. The summed E-state index contributed by atoms with van der Waals surface area (Å²) >= 11 is 6.85. The summed E-state index contributed by atoms with van der Waals surface area (Å²) in [7, 11) is 0. The van der Waals surface area contributed by atoms with Gasteiger partial charge in [-0.25, -0.2) is 0 Å². The number of piperidine rings is 1. The predicted octanol–water partition coefficient (Wildman–Crippen LogP) is 5.47. The molecule has 254 valence electrons. The molecule has 4 heterocycles. The van der Waals surface area contributed by atoms with Crippen molar-refractivity contribution in [2.24, 2.45) is 5.92 Å². The Balaban J connectivity index is 1.09. The van der Waals surface area contributed by atoms with Crippen molar-refractivity contribution in [3.05, 3.63) is 106 Å². The van der Waals surface area contributed by atoms with E-state index >= 15 is 0 Å². The number of carboxylic acids is 1. The molecule has 4 aromatic rings. The Kier molecular flexibility index (Phi) is 10.6. The average Bonchev–Trinajstić information content (AvgIpc) is 3.51. The lowest BCUT2D eigenvalue weighted by Crippen LogP contribution is -2.35. The van der Waals surface area contributed by atoms with E-state index in [0.717, 1.165) is 35.2 Å². The SMILES string of the molecule is Cc1c(NC(=O)c2ccc(CN3CCC(C(=O)O)CC3)cn2)cccc1-c1cccc(NC(=O)c2ccc(CN3CCC(O)C3)cn2)c1Cl. The van der Waals surface area contributed by atoms with Crippen molar-refractivity contribution in [3.8, 4) is 11.1 Å². The van der Waals surface area contributed by atoms with E-state index in [1.54, 1.807) is 30.6 Å². The monoisotopic (exact) mass is 682 g/mol. The topological polar surface area (TPSA) is 148 Å². The number of halogens is 1. The van der Waals surface area contributed by atoms with Crippen LogP contribution < -0.4 is 10.6 Å². The molecule has 2 amide bonds. The van der Waals surface area contributed by atoms with Crippen molar-refractivity contribution in [1.29, 1.82) is 0 Å². The molecule has 0 saturated carbocycles. The molecule has 2 aromatic carbocycles. The number of likely N-dealkylation sites (tertiary alicyclic amines) is 2. The number of β-amino-alcohol motifs (C(OH)–C–C–N with tert-alkyl or cyclic N) is 1. The van der Waals surface area contributed by atoms with E-state index in [1.165, 1.54) is 0 Å². The number of amides is 2. The summed E-state index contributed by atoms with van der Waals surface area (Å²) in [6.07, 6.45) is 5.10. The van der Waals surface area contributed by atoms with Crippen LogP contribution in [-0.4, -0.2) is 80.0 Å². The number of hydrogen-bond donors (Lipinski definition) is 4. The number of aliphatic hydroxyl groups is 1. The summed E-state index contributed by atoms with van der Waals surface area (Å²) in [5.41, 5.74) is 5.78. The summed E-state index contributed by atoms with van der Waals surface area (Å²) in [6, 6.07) is 18.1. The number of pyridine rings is 2. The van der Waals surface area contributed by atoms with Crippen LogP contribution in [0, 0.1) is 12.8 Å². The highest BCUT2D eigenvalue weighted by Gasteiger charge is 2.25. The average molecular weight is 683 g/mol. The van der Waals surface area contributed by atoms with Gasteiger partial charge in [0.05, 0.1) is 22.7 Å². The highest BCUT2D eigenvalue weighted by molar-refractivity contribution is 6.36. The Morgan fingerprint density at radius 2 is 1.33 bits per heavy atom. The normalized spacial score (nSPS) is 17.2. The summed E-state index contributed by atoms with van der Waals surface area (Å²) in [5, 5.41) is 25.2. The van der Waals surface area contributed by atoms with E-state index in [-0.39, 0.29) is 35.2 Å². The van der Waals surface area contributed by atoms with Crippen LogP contribution in [0.15, 0.2) is 73.1 Å². The van der Waals surface area contributed by atoms with Crippen molar-refractivity contribution in [2.75, 3.05) is 36.8 Å². The first-order chi connectivity index (χ1) is 23.6. The minimum Gasteiger partial charge on any atom is -0.481 e. The van der Waals surface area contributed by atoms with Crippen LogP contribution in [0.25, 0.3) is 11.1 Å². The first kappa shape index (κ1) is 34.2. The molecule has 0 bridgehead atoms. The second-order valence-electron chi connectivity index (χ2n) is 12.7. The van der Waals surface area contributed by atoms with Gasteiger partial charge in [-0.15, -0.1) is 0 Å². The van der Waals surface area contributed by atoms with Crippen LogP contribution in [0.5, 0.6) is 0 Å². The number of carbonyl (C=O) groups is 3. The van der Waals surface area contributed by atoms with Gasteiger partial charge in [0.25, 0.3) is 11.8 Å². The summed E-state index contributed by atoms with van der Waals surface area (Å²) < 4.78 is 0. The van der Waals surface area contributed by atoms with Gasteiger partial charge in [-0.1, -0.05) is 48.0 Å². The van der Waals surface area contributed by atoms with Crippen LogP contribution in [0.3, 0.4) is 0 Å². The molecule has 2 aliphatic rings. The number of anilines is 2. The van der Waals surface area contributed by atoms with E-state index in [2.05, 4.69) is 30.4 Å². The summed E-state index contributed by atoms with van der Waals surface area (Å²) in [5.74, 6) is -1.75. The number of aliphatic carboxylic acids is 1. The Morgan fingerprint density at radius 1 is 0.776 bits per heavy atom. The Hall–Kier alpha value is -4.68. The highest BCUT2D eigenvalue weighted by atomic mass is 35.5. The minimum atomic E-state index is -0.731. The zero-order valence-corrected chi connectivity index (χ0v) is 28.0. The van der Waals surface area contributed by atoms with Crippen molar-refractivity contribution >= 4 is 40.8 Å². The molecule has 4 N–H and O–H groups in total. The molecular weight excluding hydrogens is 644 g/mol. The smallest absolute Gasteiger partial charge is 0.306 e. The fraction of sp³-hybridized carbons (Fsp3) is 0.324. The van der Waals surface area contributed by atoms with E-state index in [9.17, 15) is 24.6 Å². The van der Waals surface area contributed by atoms with Gasteiger partial charge in [-0.3, -0.25) is 34.2 Å². The maximum Gasteiger partial charge on any atom is 0.306 e. The van der Waals surface area contributed by atoms with E-state index < -0.39 is 5.97 Å². The van der Waals surface area contributed by atoms with Gasteiger partial charge in [0.1, 0.15) is 11.4 Å². The van der Waals surface area contributed by atoms with Crippen molar-refractivity contribution in [1.82, 2.24) is 19.8 Å². The molecule has 11 nitrogen and oxygen atoms in total. The number of benzene rings is 2. The summed E-state index contributed by atoms with van der Waals surface area (Å²) in [6.45, 7) is 6.10. The third kappa shape index (κ3) is 8.31.